The summed E-state index contributed by atoms with van der Waals surface area (Å²) in [5.74, 6) is 0. The number of nitrogens with one attached hydrogen (secondary N) is 1. The van der Waals surface area contributed by atoms with Crippen LogP contribution in [0.4, 0.5) is 0 Å². The van der Waals surface area contributed by atoms with Crippen LogP contribution in [-0.4, -0.2) is 31.1 Å². The number of hydrogen-bond acceptors (Lipinski definition) is 2. The molecule has 104 valence electrons. The topological polar surface area (TPSA) is 15.3 Å². The Labute approximate surface area is 121 Å². The molecule has 0 radical (unpaired) electrons. The van der Waals surface area contributed by atoms with Crippen LogP contribution in [0.25, 0.3) is 0 Å². The second kappa shape index (κ2) is 6.21. The zero-order valence-corrected chi connectivity index (χ0v) is 12.0. The van der Waals surface area contributed by atoms with Crippen LogP contribution in [0.3, 0.4) is 0 Å². The Morgan fingerprint density at radius 1 is 0.950 bits per heavy atom. The average Bonchev–Trinajstić information content (AvgIpc) is 2.98. The van der Waals surface area contributed by atoms with Gasteiger partial charge in [-0.1, -0.05) is 60.7 Å². The van der Waals surface area contributed by atoms with Crippen molar-refractivity contribution >= 4 is 0 Å². The van der Waals surface area contributed by atoms with Gasteiger partial charge in [0.15, 0.2) is 0 Å². The maximum absolute atomic E-state index is 3.41. The predicted molar refractivity (Wildman–Crippen MR) is 83.8 cm³/mol. The molecule has 1 saturated heterocycles. The molecule has 0 saturated carbocycles. The molecule has 1 N–H and O–H groups in total. The molecule has 2 aromatic rings. The van der Waals surface area contributed by atoms with E-state index in [4.69, 9.17) is 0 Å². The third-order valence-corrected chi connectivity index (χ3v) is 4.22. The average molecular weight is 266 g/mol. The van der Waals surface area contributed by atoms with E-state index in [0.717, 1.165) is 13.1 Å². The van der Waals surface area contributed by atoms with Crippen LogP contribution in [0.2, 0.25) is 0 Å². The van der Waals surface area contributed by atoms with E-state index in [9.17, 15) is 0 Å². The third kappa shape index (κ3) is 2.77. The normalized spacial score (nSPS) is 19.6. The van der Waals surface area contributed by atoms with E-state index in [1.54, 1.807) is 0 Å². The van der Waals surface area contributed by atoms with Gasteiger partial charge in [0.2, 0.25) is 0 Å². The monoisotopic (exact) mass is 266 g/mol. The van der Waals surface area contributed by atoms with Crippen LogP contribution in [-0.2, 0) is 0 Å². The number of nitrogens with zero attached hydrogens (tertiary/aromatic N) is 1. The molecule has 0 spiro atoms. The summed E-state index contributed by atoms with van der Waals surface area (Å²) < 4.78 is 0. The van der Waals surface area contributed by atoms with E-state index in [1.165, 1.54) is 17.5 Å². The molecule has 1 heterocycles. The van der Waals surface area contributed by atoms with Crippen molar-refractivity contribution in [1.29, 1.82) is 0 Å². The predicted octanol–water partition coefficient (Wildman–Crippen LogP) is 3.07. The molecule has 1 aliphatic heterocycles. The molecule has 2 heteroatoms. The molecule has 0 bridgehead atoms. The fraction of sp³-hybridized carbons (Fsp3) is 0.333. The molecule has 1 unspecified atom stereocenters. The Kier molecular flexibility index (Phi) is 4.14. The summed E-state index contributed by atoms with van der Waals surface area (Å²) in [5, 5.41) is 3.41. The molecular formula is C18H22N2. The summed E-state index contributed by atoms with van der Waals surface area (Å²) in [5.41, 5.74) is 2.77. The van der Waals surface area contributed by atoms with Crippen LogP contribution in [0.15, 0.2) is 60.7 Å². The van der Waals surface area contributed by atoms with Crippen LogP contribution < -0.4 is 5.32 Å². The first kappa shape index (κ1) is 13.3. The molecule has 0 aliphatic carbocycles. The molecule has 2 aromatic carbocycles. The first-order valence-corrected chi connectivity index (χ1v) is 7.39. The lowest BCUT2D eigenvalue weighted by Gasteiger charge is -2.29. The zero-order valence-electron chi connectivity index (χ0n) is 12.0. The van der Waals surface area contributed by atoms with E-state index in [2.05, 4.69) is 77.9 Å². The Morgan fingerprint density at radius 2 is 1.50 bits per heavy atom. The van der Waals surface area contributed by atoms with Gasteiger partial charge < -0.3 is 5.32 Å². The maximum atomic E-state index is 3.41. The van der Waals surface area contributed by atoms with Crippen molar-refractivity contribution in [3.8, 4) is 0 Å². The second-order valence-electron chi connectivity index (χ2n) is 5.49. The summed E-state index contributed by atoms with van der Waals surface area (Å²) in [4.78, 5) is 2.59. The molecule has 1 atom stereocenters. The van der Waals surface area contributed by atoms with Crippen LogP contribution >= 0.6 is 0 Å². The number of rotatable bonds is 4. The van der Waals surface area contributed by atoms with E-state index in [1.807, 2.05) is 0 Å². The summed E-state index contributed by atoms with van der Waals surface area (Å²) in [6, 6.07) is 22.7. The lowest BCUT2D eigenvalue weighted by Crippen LogP contribution is -2.32. The first-order chi connectivity index (χ1) is 9.88. The Bertz CT molecular complexity index is 484. The van der Waals surface area contributed by atoms with Crippen molar-refractivity contribution < 1.29 is 0 Å². The van der Waals surface area contributed by atoms with Gasteiger partial charge >= 0.3 is 0 Å². The Morgan fingerprint density at radius 3 is 1.95 bits per heavy atom. The quantitative estimate of drug-likeness (QED) is 0.915. The lowest BCUT2D eigenvalue weighted by atomic mass is 9.97. The van der Waals surface area contributed by atoms with Gasteiger partial charge in [0, 0.05) is 19.1 Å². The number of likely N-dealkylation sites (N-methyl/N-ethyl adjacent to an activating group) is 1. The minimum Gasteiger partial charge on any atom is -0.316 e. The number of benzene rings is 2. The van der Waals surface area contributed by atoms with Crippen molar-refractivity contribution in [2.24, 2.45) is 0 Å². The van der Waals surface area contributed by atoms with Gasteiger partial charge in [-0.3, -0.25) is 4.90 Å². The van der Waals surface area contributed by atoms with Gasteiger partial charge in [-0.2, -0.15) is 0 Å². The van der Waals surface area contributed by atoms with E-state index in [0.29, 0.717) is 12.1 Å². The summed E-state index contributed by atoms with van der Waals surface area (Å²) in [6.07, 6.45) is 1.23. The minimum absolute atomic E-state index is 0.371. The fourth-order valence-corrected chi connectivity index (χ4v) is 3.14. The highest BCUT2D eigenvalue weighted by atomic mass is 15.2. The molecule has 2 nitrogen and oxygen atoms in total. The smallest absolute Gasteiger partial charge is 0.0602 e. The maximum Gasteiger partial charge on any atom is 0.0602 e. The van der Waals surface area contributed by atoms with Gasteiger partial charge in [0.1, 0.15) is 0 Å². The van der Waals surface area contributed by atoms with Crippen molar-refractivity contribution in [2.45, 2.75) is 18.5 Å². The van der Waals surface area contributed by atoms with Gasteiger partial charge in [-0.25, -0.2) is 0 Å². The van der Waals surface area contributed by atoms with Crippen molar-refractivity contribution in [3.63, 3.8) is 0 Å². The SMILES string of the molecule is CNC1CCN(C(c2ccccc2)c2ccccc2)C1. The second-order valence-corrected chi connectivity index (χ2v) is 5.49. The third-order valence-electron chi connectivity index (χ3n) is 4.22. The van der Waals surface area contributed by atoms with Crippen LogP contribution in [0, 0.1) is 0 Å². The van der Waals surface area contributed by atoms with Crippen molar-refractivity contribution in [3.05, 3.63) is 71.8 Å². The van der Waals surface area contributed by atoms with E-state index < -0.39 is 0 Å². The van der Waals surface area contributed by atoms with Gasteiger partial charge in [0.25, 0.3) is 0 Å². The van der Waals surface area contributed by atoms with Crippen molar-refractivity contribution in [1.82, 2.24) is 10.2 Å². The van der Waals surface area contributed by atoms with Crippen LogP contribution in [0.1, 0.15) is 23.6 Å². The van der Waals surface area contributed by atoms with Crippen LogP contribution in [0.5, 0.6) is 0 Å². The Hall–Kier alpha value is -1.64. The largest absolute Gasteiger partial charge is 0.316 e. The highest BCUT2D eigenvalue weighted by Crippen LogP contribution is 2.31. The van der Waals surface area contributed by atoms with Gasteiger partial charge in [-0.05, 0) is 24.6 Å². The summed E-state index contributed by atoms with van der Waals surface area (Å²) >= 11 is 0. The summed E-state index contributed by atoms with van der Waals surface area (Å²) in [7, 11) is 2.06. The highest BCUT2D eigenvalue weighted by molar-refractivity contribution is 5.32. The molecule has 1 fully saturated rings. The molecule has 0 aromatic heterocycles. The fourth-order valence-electron chi connectivity index (χ4n) is 3.14. The Balaban J connectivity index is 1.93. The standard InChI is InChI=1S/C18H22N2/c1-19-17-12-13-20(14-17)18(15-8-4-2-5-9-15)16-10-6-3-7-11-16/h2-11,17-19H,12-14H2,1H3. The van der Waals surface area contributed by atoms with Gasteiger partial charge in [0.05, 0.1) is 6.04 Å². The molecular weight excluding hydrogens is 244 g/mol. The van der Waals surface area contributed by atoms with E-state index in [-0.39, 0.29) is 0 Å². The highest BCUT2D eigenvalue weighted by Gasteiger charge is 2.29. The zero-order chi connectivity index (χ0) is 13.8. The molecule has 0 amide bonds. The molecule has 3 rings (SSSR count). The van der Waals surface area contributed by atoms with Crippen molar-refractivity contribution in [2.75, 3.05) is 20.1 Å². The van der Waals surface area contributed by atoms with E-state index >= 15 is 0 Å². The number of hydrogen-bond donors (Lipinski definition) is 1. The molecule has 1 aliphatic rings. The summed E-state index contributed by atoms with van der Waals surface area (Å²) in [6.45, 7) is 2.27. The minimum atomic E-state index is 0.371. The lowest BCUT2D eigenvalue weighted by molar-refractivity contribution is 0.274. The molecule has 20 heavy (non-hydrogen) atoms. The van der Waals surface area contributed by atoms with Gasteiger partial charge in [-0.15, -0.1) is 0 Å². The first-order valence-electron chi connectivity index (χ1n) is 7.39. The number of likely N-dealkylation sites (tertiary alicyclic amines) is 1.